The smallest absolute Gasteiger partial charge is 0.0631 e. The fourth-order valence-electron chi connectivity index (χ4n) is 0.577. The molecule has 10 heavy (non-hydrogen) atoms. The van der Waals surface area contributed by atoms with Gasteiger partial charge in [-0.1, -0.05) is 33.9 Å². The number of hydrogen-bond donors (Lipinski definition) is 0. The largest absolute Gasteiger partial charge is 0.168 e. The Hall–Kier alpha value is 0.567. The second-order valence-corrected chi connectivity index (χ2v) is 11.6. The van der Waals surface area contributed by atoms with Crippen LogP contribution in [0.5, 0.6) is 0 Å². The highest BCUT2D eigenvalue weighted by Crippen LogP contribution is 2.37. The van der Waals surface area contributed by atoms with Gasteiger partial charge in [0.05, 0.1) is 8.07 Å². The van der Waals surface area contributed by atoms with Crippen LogP contribution in [0.25, 0.3) is 0 Å². The standard InChI is InChI=1S/C8H20SSi/c1-8(2,3)10(5,6)7-9-4/h7H2,1-6H3. The van der Waals surface area contributed by atoms with Gasteiger partial charge in [0.15, 0.2) is 0 Å². The molecule has 0 heterocycles. The highest BCUT2D eigenvalue weighted by Gasteiger charge is 2.33. The highest BCUT2D eigenvalue weighted by atomic mass is 32.2. The average molecular weight is 176 g/mol. The Labute approximate surface area is 70.8 Å². The first-order valence-electron chi connectivity index (χ1n) is 3.80. The monoisotopic (exact) mass is 176 g/mol. The van der Waals surface area contributed by atoms with Gasteiger partial charge in [-0.25, -0.2) is 0 Å². The molecule has 0 unspecified atom stereocenters. The second-order valence-electron chi connectivity index (χ2n) is 4.57. The summed E-state index contributed by atoms with van der Waals surface area (Å²) in [5, 5.41) is 1.95. The molecule has 0 fully saturated rings. The van der Waals surface area contributed by atoms with E-state index < -0.39 is 8.07 Å². The third kappa shape index (κ3) is 2.66. The van der Waals surface area contributed by atoms with Crippen molar-refractivity contribution in [1.82, 2.24) is 0 Å². The van der Waals surface area contributed by atoms with Crippen LogP contribution < -0.4 is 0 Å². The molecule has 62 valence electrons. The van der Waals surface area contributed by atoms with Gasteiger partial charge in [0, 0.05) is 0 Å². The molecule has 0 aromatic carbocycles. The van der Waals surface area contributed by atoms with Gasteiger partial charge in [0.25, 0.3) is 0 Å². The molecule has 0 aromatic rings. The van der Waals surface area contributed by atoms with Crippen LogP contribution in [0.3, 0.4) is 0 Å². The van der Waals surface area contributed by atoms with Crippen LogP contribution in [0.4, 0.5) is 0 Å². The zero-order valence-electron chi connectivity index (χ0n) is 8.12. The van der Waals surface area contributed by atoms with Crippen molar-refractivity contribution in [3.63, 3.8) is 0 Å². The zero-order chi connectivity index (χ0) is 8.41. The third-order valence-corrected chi connectivity index (χ3v) is 10.6. The summed E-state index contributed by atoms with van der Waals surface area (Å²) >= 11 is 2.00. The van der Waals surface area contributed by atoms with Crippen LogP contribution in [0, 0.1) is 0 Å². The fourth-order valence-corrected chi connectivity index (χ4v) is 5.20. The Bertz CT molecular complexity index is 102. The summed E-state index contributed by atoms with van der Waals surface area (Å²) in [6, 6.07) is 0. The predicted octanol–water partition coefficient (Wildman–Crippen LogP) is 3.40. The summed E-state index contributed by atoms with van der Waals surface area (Å²) in [6.45, 7) is 12.1. The van der Waals surface area contributed by atoms with Crippen LogP contribution in [-0.2, 0) is 0 Å². The van der Waals surface area contributed by atoms with E-state index in [2.05, 4.69) is 40.1 Å². The van der Waals surface area contributed by atoms with Crippen molar-refractivity contribution in [3.8, 4) is 0 Å². The van der Waals surface area contributed by atoms with Gasteiger partial charge in [-0.2, -0.15) is 11.8 Å². The maximum Gasteiger partial charge on any atom is 0.0631 e. The summed E-state index contributed by atoms with van der Waals surface area (Å²) in [6.07, 6.45) is 2.21. The molecule has 0 nitrogen and oxygen atoms in total. The zero-order valence-corrected chi connectivity index (χ0v) is 9.93. The normalized spacial score (nSPS) is 13.8. The van der Waals surface area contributed by atoms with Crippen molar-refractivity contribution >= 4 is 19.8 Å². The molecule has 0 radical (unpaired) electrons. The van der Waals surface area contributed by atoms with Crippen molar-refractivity contribution in [2.24, 2.45) is 0 Å². The van der Waals surface area contributed by atoms with Crippen molar-refractivity contribution < 1.29 is 0 Å². The van der Waals surface area contributed by atoms with E-state index in [0.29, 0.717) is 5.04 Å². The molecule has 0 bridgehead atoms. The Balaban J connectivity index is 4.10. The van der Waals surface area contributed by atoms with Crippen LogP contribution >= 0.6 is 11.8 Å². The van der Waals surface area contributed by atoms with E-state index in [-0.39, 0.29) is 0 Å². The van der Waals surface area contributed by atoms with Crippen LogP contribution in [0.15, 0.2) is 0 Å². The molecule has 0 spiro atoms. The van der Waals surface area contributed by atoms with Gasteiger partial charge < -0.3 is 0 Å². The molecule has 0 aromatic heterocycles. The van der Waals surface area contributed by atoms with E-state index in [1.165, 1.54) is 5.38 Å². The molecule has 0 N–H and O–H groups in total. The first-order chi connectivity index (χ1) is 4.31. The lowest BCUT2D eigenvalue weighted by Gasteiger charge is -2.36. The molecule has 0 atom stereocenters. The van der Waals surface area contributed by atoms with Crippen molar-refractivity contribution in [2.45, 2.75) is 38.9 Å². The molecular weight excluding hydrogens is 156 g/mol. The molecule has 0 aliphatic rings. The molecule has 0 amide bonds. The van der Waals surface area contributed by atoms with Crippen LogP contribution in [-0.4, -0.2) is 19.7 Å². The predicted molar refractivity (Wildman–Crippen MR) is 55.6 cm³/mol. The van der Waals surface area contributed by atoms with E-state index in [1.54, 1.807) is 0 Å². The number of thioether (sulfide) groups is 1. The van der Waals surface area contributed by atoms with Crippen LogP contribution in [0.1, 0.15) is 20.8 Å². The second kappa shape index (κ2) is 3.31. The first kappa shape index (κ1) is 10.6. The number of rotatable bonds is 2. The SMILES string of the molecule is CSC[Si](C)(C)C(C)(C)C. The minimum atomic E-state index is -0.942. The van der Waals surface area contributed by atoms with E-state index >= 15 is 0 Å². The van der Waals surface area contributed by atoms with Gasteiger partial charge in [-0.3, -0.25) is 0 Å². The highest BCUT2D eigenvalue weighted by molar-refractivity contribution is 8.00. The molecule has 0 saturated carbocycles. The molecule has 0 aliphatic carbocycles. The lowest BCUT2D eigenvalue weighted by atomic mass is 10.2. The maximum absolute atomic E-state index is 2.48. The Morgan fingerprint density at radius 1 is 1.20 bits per heavy atom. The number of hydrogen-bond acceptors (Lipinski definition) is 1. The summed E-state index contributed by atoms with van der Waals surface area (Å²) in [7, 11) is -0.942. The Morgan fingerprint density at radius 3 is 1.70 bits per heavy atom. The Kier molecular flexibility index (Phi) is 3.50. The van der Waals surface area contributed by atoms with Gasteiger partial charge in [-0.05, 0) is 16.7 Å². The molecule has 0 rings (SSSR count). The lowest BCUT2D eigenvalue weighted by molar-refractivity contribution is 0.723. The minimum absolute atomic E-state index is 0.565. The van der Waals surface area contributed by atoms with Crippen molar-refractivity contribution in [1.29, 1.82) is 0 Å². The van der Waals surface area contributed by atoms with Gasteiger partial charge in [0.2, 0.25) is 0 Å². The summed E-state index contributed by atoms with van der Waals surface area (Å²) in [4.78, 5) is 0. The molecule has 0 aliphatic heterocycles. The van der Waals surface area contributed by atoms with Crippen LogP contribution in [0.2, 0.25) is 18.1 Å². The topological polar surface area (TPSA) is 0 Å². The average Bonchev–Trinajstić information content (AvgIpc) is 1.61. The first-order valence-corrected chi connectivity index (χ1v) is 8.40. The molecule has 0 saturated heterocycles. The van der Waals surface area contributed by atoms with Gasteiger partial charge in [-0.15, -0.1) is 0 Å². The quantitative estimate of drug-likeness (QED) is 0.581. The minimum Gasteiger partial charge on any atom is -0.168 e. The molecular formula is C8H20SSi. The third-order valence-electron chi connectivity index (χ3n) is 2.54. The van der Waals surface area contributed by atoms with Gasteiger partial charge in [0.1, 0.15) is 0 Å². The van der Waals surface area contributed by atoms with Crippen molar-refractivity contribution in [2.75, 3.05) is 11.6 Å². The van der Waals surface area contributed by atoms with E-state index in [4.69, 9.17) is 0 Å². The van der Waals surface area contributed by atoms with E-state index in [9.17, 15) is 0 Å². The maximum atomic E-state index is 2.48. The van der Waals surface area contributed by atoms with Gasteiger partial charge >= 0.3 is 0 Å². The lowest BCUT2D eigenvalue weighted by Crippen LogP contribution is -2.40. The summed E-state index contributed by atoms with van der Waals surface area (Å²) < 4.78 is 0. The summed E-state index contributed by atoms with van der Waals surface area (Å²) in [5.41, 5.74) is 0. The molecule has 2 heteroatoms. The fraction of sp³-hybridized carbons (Fsp3) is 1.00. The van der Waals surface area contributed by atoms with E-state index in [1.807, 2.05) is 11.8 Å². The van der Waals surface area contributed by atoms with Crippen molar-refractivity contribution in [3.05, 3.63) is 0 Å². The van der Waals surface area contributed by atoms with E-state index in [0.717, 1.165) is 0 Å². The Morgan fingerprint density at radius 2 is 1.60 bits per heavy atom. The summed E-state index contributed by atoms with van der Waals surface area (Å²) in [5.74, 6) is 0.